The molecule has 6 rings (SSSR count). The van der Waals surface area contributed by atoms with Crippen LogP contribution in [0.5, 0.6) is 5.75 Å². The van der Waals surface area contributed by atoms with Gasteiger partial charge in [0, 0.05) is 17.9 Å². The molecule has 166 valence electrons. The lowest BCUT2D eigenvalue weighted by Gasteiger charge is -2.57. The Balaban J connectivity index is 1.46. The maximum Gasteiger partial charge on any atom is 0.275 e. The molecule has 3 fully saturated rings. The average Bonchev–Trinajstić information content (AvgIpc) is 3.18. The zero-order chi connectivity index (χ0) is 22.4. The van der Waals surface area contributed by atoms with Gasteiger partial charge in [-0.1, -0.05) is 6.92 Å². The summed E-state index contributed by atoms with van der Waals surface area (Å²) in [7, 11) is 0. The van der Waals surface area contributed by atoms with Crippen molar-refractivity contribution >= 4 is 5.91 Å². The molecule has 1 aromatic carbocycles. The lowest BCUT2D eigenvalue weighted by molar-refractivity contribution is -0.0673. The largest absolute Gasteiger partial charge is 0.491 e. The van der Waals surface area contributed by atoms with E-state index >= 15 is 0 Å². The fourth-order valence-corrected chi connectivity index (χ4v) is 4.94. The van der Waals surface area contributed by atoms with Gasteiger partial charge in [0.15, 0.2) is 5.69 Å². The molecule has 2 aliphatic heterocycles. The molecular weight excluding hydrogens is 407 g/mol. The first-order valence-corrected chi connectivity index (χ1v) is 11.1. The van der Waals surface area contributed by atoms with E-state index in [1.165, 1.54) is 12.1 Å². The van der Waals surface area contributed by atoms with Crippen LogP contribution in [-0.2, 0) is 0 Å². The molecule has 0 N–H and O–H groups in total. The highest BCUT2D eigenvalue weighted by molar-refractivity contribution is 5.96. The van der Waals surface area contributed by atoms with Crippen LogP contribution in [0.4, 0.5) is 4.39 Å². The Hall–Kier alpha value is -3.22. The number of hydrogen-bond donors (Lipinski definition) is 0. The summed E-state index contributed by atoms with van der Waals surface area (Å²) in [4.78, 5) is 20.5. The van der Waals surface area contributed by atoms with E-state index in [2.05, 4.69) is 17.0 Å². The number of amides is 1. The van der Waals surface area contributed by atoms with Gasteiger partial charge in [0.05, 0.1) is 17.9 Å². The van der Waals surface area contributed by atoms with Crippen molar-refractivity contribution in [3.05, 3.63) is 71.6 Å². The summed E-state index contributed by atoms with van der Waals surface area (Å²) in [5.74, 6) is 1.13. The highest BCUT2D eigenvalue weighted by Crippen LogP contribution is 2.47. The number of aromatic nitrogens is 3. The second kappa shape index (κ2) is 8.04. The summed E-state index contributed by atoms with van der Waals surface area (Å²) in [6.07, 6.45) is 5.70. The first-order chi connectivity index (χ1) is 15.4. The summed E-state index contributed by atoms with van der Waals surface area (Å²) >= 11 is 0. The van der Waals surface area contributed by atoms with Gasteiger partial charge in [0.1, 0.15) is 18.2 Å². The van der Waals surface area contributed by atoms with Crippen LogP contribution in [0.3, 0.4) is 0 Å². The van der Waals surface area contributed by atoms with E-state index in [0.29, 0.717) is 35.6 Å². The number of pyridine rings is 1. The van der Waals surface area contributed by atoms with Gasteiger partial charge in [-0.25, -0.2) is 14.1 Å². The minimum absolute atomic E-state index is 0.0698. The molecule has 1 amide bonds. The summed E-state index contributed by atoms with van der Waals surface area (Å²) in [6, 6.07) is 9.94. The van der Waals surface area contributed by atoms with Crippen molar-refractivity contribution in [2.24, 2.45) is 11.8 Å². The SMILES string of the molecule is Cc1cnn(-c2ccc(C)nc2C(=O)N2C3CC(C3)C(C)C2COc2ccc(F)cc2)c1. The minimum Gasteiger partial charge on any atom is -0.491 e. The lowest BCUT2D eigenvalue weighted by Crippen LogP contribution is -2.64. The van der Waals surface area contributed by atoms with Gasteiger partial charge in [-0.3, -0.25) is 4.79 Å². The third kappa shape index (κ3) is 3.66. The first-order valence-electron chi connectivity index (χ1n) is 11.1. The van der Waals surface area contributed by atoms with Gasteiger partial charge >= 0.3 is 0 Å². The van der Waals surface area contributed by atoms with E-state index < -0.39 is 0 Å². The fraction of sp³-hybridized carbons (Fsp3) is 0.400. The number of aryl methyl sites for hydroxylation is 2. The topological polar surface area (TPSA) is 60.2 Å². The van der Waals surface area contributed by atoms with Crippen LogP contribution >= 0.6 is 0 Å². The molecule has 1 saturated carbocycles. The number of benzene rings is 1. The molecule has 2 atom stereocenters. The molecule has 3 aromatic rings. The zero-order valence-corrected chi connectivity index (χ0v) is 18.5. The van der Waals surface area contributed by atoms with Crippen molar-refractivity contribution in [2.75, 3.05) is 6.61 Å². The summed E-state index contributed by atoms with van der Waals surface area (Å²) in [5, 5.41) is 4.40. The van der Waals surface area contributed by atoms with Crippen LogP contribution in [0.25, 0.3) is 5.69 Å². The highest BCUT2D eigenvalue weighted by Gasteiger charge is 2.51. The van der Waals surface area contributed by atoms with Crippen molar-refractivity contribution in [1.29, 1.82) is 0 Å². The molecular formula is C25H27FN4O2. The van der Waals surface area contributed by atoms with Crippen molar-refractivity contribution in [1.82, 2.24) is 19.7 Å². The van der Waals surface area contributed by atoms with E-state index in [-0.39, 0.29) is 23.8 Å². The Morgan fingerprint density at radius 2 is 1.91 bits per heavy atom. The molecule has 6 nitrogen and oxygen atoms in total. The van der Waals surface area contributed by atoms with Crippen LogP contribution in [0.1, 0.15) is 41.5 Å². The average molecular weight is 435 g/mol. The normalized spacial score (nSPS) is 24.2. The Bertz CT molecular complexity index is 1140. The Labute approximate surface area is 187 Å². The van der Waals surface area contributed by atoms with Crippen molar-refractivity contribution < 1.29 is 13.9 Å². The van der Waals surface area contributed by atoms with Gasteiger partial charge < -0.3 is 9.64 Å². The van der Waals surface area contributed by atoms with Crippen LogP contribution in [-0.4, -0.2) is 44.3 Å². The number of halogens is 1. The monoisotopic (exact) mass is 434 g/mol. The van der Waals surface area contributed by atoms with Gasteiger partial charge in [0.25, 0.3) is 5.91 Å². The van der Waals surface area contributed by atoms with Gasteiger partial charge in [0.2, 0.25) is 0 Å². The second-order valence-electron chi connectivity index (χ2n) is 9.07. The lowest BCUT2D eigenvalue weighted by atomic mass is 9.64. The highest BCUT2D eigenvalue weighted by atomic mass is 19.1. The number of fused-ring (bicyclic) bond motifs is 2. The van der Waals surface area contributed by atoms with E-state index in [0.717, 1.165) is 24.1 Å². The standard InChI is InChI=1S/C25H27FN4O2/c1-15-12-27-29(13-15)22-9-4-16(2)28-24(22)25(31)30-20-10-18(11-20)17(3)23(30)14-32-21-7-5-19(26)6-8-21/h4-9,12-13,17-18,20,23H,10-11,14H2,1-3H3. The molecule has 0 radical (unpaired) electrons. The number of carbonyl (C=O) groups excluding carboxylic acids is 1. The number of hydrogen-bond acceptors (Lipinski definition) is 4. The quantitative estimate of drug-likeness (QED) is 0.599. The number of piperidine rings is 2. The van der Waals surface area contributed by atoms with Crippen LogP contribution in [0.15, 0.2) is 48.8 Å². The molecule has 2 unspecified atom stereocenters. The van der Waals surface area contributed by atoms with Gasteiger partial charge in [-0.05, 0) is 80.5 Å². The third-order valence-electron chi connectivity index (χ3n) is 6.89. The van der Waals surface area contributed by atoms with Crippen molar-refractivity contribution in [3.63, 3.8) is 0 Å². The Kier molecular flexibility index (Phi) is 5.19. The van der Waals surface area contributed by atoms with Crippen LogP contribution in [0.2, 0.25) is 0 Å². The van der Waals surface area contributed by atoms with Gasteiger partial charge in [-0.2, -0.15) is 5.10 Å². The molecule has 0 spiro atoms. The van der Waals surface area contributed by atoms with Crippen molar-refractivity contribution in [3.8, 4) is 11.4 Å². The minimum atomic E-state index is -0.298. The van der Waals surface area contributed by atoms with Gasteiger partial charge in [-0.15, -0.1) is 0 Å². The molecule has 7 heteroatoms. The second-order valence-corrected chi connectivity index (χ2v) is 9.07. The smallest absolute Gasteiger partial charge is 0.275 e. The maximum absolute atomic E-state index is 13.9. The summed E-state index contributed by atoms with van der Waals surface area (Å²) < 4.78 is 21.0. The predicted octanol–water partition coefficient (Wildman–Crippen LogP) is 4.34. The first kappa shape index (κ1) is 20.7. The molecule has 32 heavy (non-hydrogen) atoms. The molecule has 2 bridgehead atoms. The van der Waals surface area contributed by atoms with Crippen LogP contribution in [0, 0.1) is 31.5 Å². The predicted molar refractivity (Wildman–Crippen MR) is 118 cm³/mol. The van der Waals surface area contributed by atoms with E-state index in [1.54, 1.807) is 23.0 Å². The molecule has 3 aliphatic rings. The summed E-state index contributed by atoms with van der Waals surface area (Å²) in [5.41, 5.74) is 2.90. The summed E-state index contributed by atoms with van der Waals surface area (Å²) in [6.45, 7) is 6.42. The molecule has 4 heterocycles. The molecule has 2 saturated heterocycles. The van der Waals surface area contributed by atoms with Crippen molar-refractivity contribution in [2.45, 2.75) is 45.7 Å². The number of carbonyl (C=O) groups is 1. The number of rotatable bonds is 5. The Morgan fingerprint density at radius 1 is 1.16 bits per heavy atom. The van der Waals surface area contributed by atoms with E-state index in [9.17, 15) is 9.18 Å². The number of nitrogens with zero attached hydrogens (tertiary/aromatic N) is 4. The van der Waals surface area contributed by atoms with E-state index in [1.807, 2.05) is 37.1 Å². The maximum atomic E-state index is 13.9. The molecule has 2 aromatic heterocycles. The third-order valence-corrected chi connectivity index (χ3v) is 6.89. The molecule has 1 aliphatic carbocycles. The zero-order valence-electron chi connectivity index (χ0n) is 18.5. The van der Waals surface area contributed by atoms with Crippen LogP contribution < -0.4 is 4.74 Å². The number of ether oxygens (including phenoxy) is 1. The fourth-order valence-electron chi connectivity index (χ4n) is 4.94. The Morgan fingerprint density at radius 3 is 2.59 bits per heavy atom. The van der Waals surface area contributed by atoms with E-state index in [4.69, 9.17) is 4.74 Å².